The van der Waals surface area contributed by atoms with Gasteiger partial charge in [0.25, 0.3) is 0 Å². The molecule has 0 amide bonds. The number of aliphatic hydroxyl groups excluding tert-OH is 1. The SMILES string of the molecule is CCCCc1ncc(CCO)n1Cc1ccccc1Cl. The van der Waals surface area contributed by atoms with Gasteiger partial charge in [0, 0.05) is 36.4 Å². The van der Waals surface area contributed by atoms with Crippen molar-refractivity contribution in [1.29, 1.82) is 0 Å². The zero-order valence-corrected chi connectivity index (χ0v) is 12.6. The zero-order chi connectivity index (χ0) is 14.4. The smallest absolute Gasteiger partial charge is 0.109 e. The summed E-state index contributed by atoms with van der Waals surface area (Å²) in [6.07, 6.45) is 5.74. The minimum absolute atomic E-state index is 0.140. The minimum atomic E-state index is 0.140. The number of aromatic nitrogens is 2. The van der Waals surface area contributed by atoms with Gasteiger partial charge in [0.15, 0.2) is 0 Å². The Morgan fingerprint density at radius 1 is 1.25 bits per heavy atom. The number of aryl methyl sites for hydroxylation is 1. The highest BCUT2D eigenvalue weighted by Crippen LogP contribution is 2.19. The fourth-order valence-electron chi connectivity index (χ4n) is 2.29. The van der Waals surface area contributed by atoms with Crippen molar-refractivity contribution < 1.29 is 5.11 Å². The van der Waals surface area contributed by atoms with E-state index in [9.17, 15) is 5.11 Å². The number of imidazole rings is 1. The summed E-state index contributed by atoms with van der Waals surface area (Å²) in [5.74, 6) is 1.08. The molecule has 4 heteroatoms. The van der Waals surface area contributed by atoms with Crippen LogP contribution in [0.3, 0.4) is 0 Å². The van der Waals surface area contributed by atoms with Gasteiger partial charge in [0.1, 0.15) is 5.82 Å². The molecule has 1 N–H and O–H groups in total. The molecule has 108 valence electrons. The largest absolute Gasteiger partial charge is 0.396 e. The van der Waals surface area contributed by atoms with E-state index in [1.165, 1.54) is 0 Å². The number of hydrogen-bond donors (Lipinski definition) is 1. The van der Waals surface area contributed by atoms with Crippen molar-refractivity contribution >= 4 is 11.6 Å². The molecule has 0 fully saturated rings. The number of nitrogens with zero attached hydrogens (tertiary/aromatic N) is 2. The highest BCUT2D eigenvalue weighted by atomic mass is 35.5. The molecule has 0 bridgehead atoms. The quantitative estimate of drug-likeness (QED) is 0.848. The third-order valence-electron chi connectivity index (χ3n) is 3.43. The third kappa shape index (κ3) is 3.62. The molecule has 0 spiro atoms. The number of aliphatic hydroxyl groups is 1. The maximum absolute atomic E-state index is 9.18. The van der Waals surface area contributed by atoms with E-state index in [0.717, 1.165) is 41.4 Å². The maximum atomic E-state index is 9.18. The summed E-state index contributed by atoms with van der Waals surface area (Å²) in [6.45, 7) is 3.03. The Kier molecular flexibility index (Phi) is 5.62. The van der Waals surface area contributed by atoms with E-state index < -0.39 is 0 Å². The zero-order valence-electron chi connectivity index (χ0n) is 11.8. The Morgan fingerprint density at radius 2 is 2.05 bits per heavy atom. The van der Waals surface area contributed by atoms with Gasteiger partial charge < -0.3 is 9.67 Å². The van der Waals surface area contributed by atoms with Gasteiger partial charge in [-0.25, -0.2) is 4.98 Å². The Bertz CT molecular complexity index is 551. The third-order valence-corrected chi connectivity index (χ3v) is 3.80. The Labute approximate surface area is 125 Å². The van der Waals surface area contributed by atoms with Crippen LogP contribution >= 0.6 is 11.6 Å². The van der Waals surface area contributed by atoms with Crippen molar-refractivity contribution in [2.45, 2.75) is 39.2 Å². The molecule has 0 radical (unpaired) electrons. The first-order chi connectivity index (χ1) is 9.76. The van der Waals surface area contributed by atoms with Crippen LogP contribution in [-0.4, -0.2) is 21.3 Å². The van der Waals surface area contributed by atoms with Crippen LogP contribution in [0.5, 0.6) is 0 Å². The van der Waals surface area contributed by atoms with E-state index in [0.29, 0.717) is 13.0 Å². The van der Waals surface area contributed by atoms with Gasteiger partial charge in [-0.1, -0.05) is 43.1 Å². The number of unbranched alkanes of at least 4 members (excludes halogenated alkanes) is 1. The molecular weight excluding hydrogens is 272 g/mol. The van der Waals surface area contributed by atoms with Crippen LogP contribution in [0, 0.1) is 0 Å². The second-order valence-corrected chi connectivity index (χ2v) is 5.33. The molecule has 0 unspecified atom stereocenters. The lowest BCUT2D eigenvalue weighted by Gasteiger charge is -2.12. The van der Waals surface area contributed by atoms with Crippen LogP contribution < -0.4 is 0 Å². The molecule has 0 aliphatic heterocycles. The molecule has 3 nitrogen and oxygen atoms in total. The number of hydrogen-bond acceptors (Lipinski definition) is 2. The van der Waals surface area contributed by atoms with Gasteiger partial charge in [-0.3, -0.25) is 0 Å². The van der Waals surface area contributed by atoms with Gasteiger partial charge in [-0.15, -0.1) is 0 Å². The molecule has 0 aliphatic rings. The van der Waals surface area contributed by atoms with E-state index in [-0.39, 0.29) is 6.61 Å². The molecule has 2 aromatic rings. The van der Waals surface area contributed by atoms with Crippen molar-refractivity contribution in [2.75, 3.05) is 6.61 Å². The Balaban J connectivity index is 2.27. The van der Waals surface area contributed by atoms with Crippen LogP contribution in [0.25, 0.3) is 0 Å². The van der Waals surface area contributed by atoms with E-state index >= 15 is 0 Å². The normalized spacial score (nSPS) is 10.9. The van der Waals surface area contributed by atoms with E-state index in [4.69, 9.17) is 11.6 Å². The highest BCUT2D eigenvalue weighted by Gasteiger charge is 2.11. The molecule has 2 rings (SSSR count). The van der Waals surface area contributed by atoms with Crippen LogP contribution in [0.2, 0.25) is 5.02 Å². The van der Waals surface area contributed by atoms with Gasteiger partial charge in [-0.05, 0) is 18.1 Å². The summed E-state index contributed by atoms with van der Waals surface area (Å²) < 4.78 is 2.19. The highest BCUT2D eigenvalue weighted by molar-refractivity contribution is 6.31. The number of halogens is 1. The first kappa shape index (κ1) is 15.1. The van der Waals surface area contributed by atoms with Crippen LogP contribution in [0.1, 0.15) is 36.8 Å². The summed E-state index contributed by atoms with van der Waals surface area (Å²) in [4.78, 5) is 4.51. The van der Waals surface area contributed by atoms with Crippen molar-refractivity contribution in [2.24, 2.45) is 0 Å². The van der Waals surface area contributed by atoms with Crippen molar-refractivity contribution in [3.8, 4) is 0 Å². The number of rotatable bonds is 7. The molecule has 20 heavy (non-hydrogen) atoms. The molecular formula is C16H21ClN2O. The topological polar surface area (TPSA) is 38.1 Å². The van der Waals surface area contributed by atoms with E-state index in [1.54, 1.807) is 0 Å². The molecule has 1 heterocycles. The second kappa shape index (κ2) is 7.46. The minimum Gasteiger partial charge on any atom is -0.396 e. The van der Waals surface area contributed by atoms with Crippen molar-refractivity contribution in [1.82, 2.24) is 9.55 Å². The fraction of sp³-hybridized carbons (Fsp3) is 0.438. The lowest BCUT2D eigenvalue weighted by molar-refractivity contribution is 0.296. The van der Waals surface area contributed by atoms with Crippen molar-refractivity contribution in [3.63, 3.8) is 0 Å². The first-order valence-corrected chi connectivity index (χ1v) is 7.51. The molecule has 1 aromatic carbocycles. The van der Waals surface area contributed by atoms with Gasteiger partial charge in [-0.2, -0.15) is 0 Å². The Morgan fingerprint density at radius 3 is 2.75 bits per heavy atom. The lowest BCUT2D eigenvalue weighted by Crippen LogP contribution is -2.10. The Hall–Kier alpha value is -1.32. The standard InChI is InChI=1S/C16H21ClN2O/c1-2-3-8-16-18-11-14(9-10-20)19(16)12-13-6-4-5-7-15(13)17/h4-7,11,20H,2-3,8-10,12H2,1H3. The molecule has 1 aromatic heterocycles. The van der Waals surface area contributed by atoms with E-state index in [2.05, 4.69) is 16.5 Å². The molecule has 0 saturated heterocycles. The average molecular weight is 293 g/mol. The van der Waals surface area contributed by atoms with Gasteiger partial charge in [0.05, 0.1) is 6.54 Å². The number of benzene rings is 1. The lowest BCUT2D eigenvalue weighted by atomic mass is 10.2. The molecule has 0 aliphatic carbocycles. The summed E-state index contributed by atoms with van der Waals surface area (Å²) in [5, 5.41) is 9.96. The van der Waals surface area contributed by atoms with E-state index in [1.807, 2.05) is 30.5 Å². The summed E-state index contributed by atoms with van der Waals surface area (Å²) in [6, 6.07) is 7.88. The monoisotopic (exact) mass is 292 g/mol. The van der Waals surface area contributed by atoms with Crippen molar-refractivity contribution in [3.05, 3.63) is 52.6 Å². The summed E-state index contributed by atoms with van der Waals surface area (Å²) >= 11 is 6.24. The van der Waals surface area contributed by atoms with Gasteiger partial charge in [0.2, 0.25) is 0 Å². The average Bonchev–Trinajstić information content (AvgIpc) is 2.82. The van der Waals surface area contributed by atoms with Crippen LogP contribution in [0.4, 0.5) is 0 Å². The summed E-state index contributed by atoms with van der Waals surface area (Å²) in [7, 11) is 0. The van der Waals surface area contributed by atoms with Gasteiger partial charge >= 0.3 is 0 Å². The van der Waals surface area contributed by atoms with Crippen LogP contribution in [-0.2, 0) is 19.4 Å². The predicted molar refractivity (Wildman–Crippen MR) is 82.2 cm³/mol. The maximum Gasteiger partial charge on any atom is 0.109 e. The predicted octanol–water partition coefficient (Wildman–Crippen LogP) is 3.46. The van der Waals surface area contributed by atoms with Crippen LogP contribution in [0.15, 0.2) is 30.5 Å². The first-order valence-electron chi connectivity index (χ1n) is 7.13. The fourth-order valence-corrected chi connectivity index (χ4v) is 2.49. The molecule has 0 saturated carbocycles. The summed E-state index contributed by atoms with van der Waals surface area (Å²) in [5.41, 5.74) is 2.16. The molecule has 0 atom stereocenters. The second-order valence-electron chi connectivity index (χ2n) is 4.92.